The number of aromatic nitrogens is 2. The average Bonchev–Trinajstić information content (AvgIpc) is 2.99. The molecular weight excluding hydrogens is 522 g/mol. The lowest BCUT2D eigenvalue weighted by Gasteiger charge is -2.40. The second-order valence-electron chi connectivity index (χ2n) is 8.90. The van der Waals surface area contributed by atoms with Crippen LogP contribution in [-0.4, -0.2) is 75.6 Å². The van der Waals surface area contributed by atoms with Crippen LogP contribution >= 0.6 is 0 Å². The van der Waals surface area contributed by atoms with Gasteiger partial charge < -0.3 is 24.4 Å². The summed E-state index contributed by atoms with van der Waals surface area (Å²) in [6.45, 7) is 2.69. The number of anilines is 1. The van der Waals surface area contributed by atoms with Crippen LogP contribution in [0.25, 0.3) is 0 Å². The summed E-state index contributed by atoms with van der Waals surface area (Å²) >= 11 is 0. The lowest BCUT2D eigenvalue weighted by Crippen LogP contribution is -2.60. The van der Waals surface area contributed by atoms with Gasteiger partial charge in [-0.25, -0.2) is 8.42 Å². The fourth-order valence-electron chi connectivity index (χ4n) is 4.31. The first kappa shape index (κ1) is 28.1. The number of nitrogens with zero attached hydrogens (tertiary/aromatic N) is 4. The zero-order chi connectivity index (χ0) is 28.0. The maximum atomic E-state index is 13.7. The molecule has 1 aliphatic heterocycles. The number of carbonyl (C=O) groups is 1. The third kappa shape index (κ3) is 6.40. The maximum Gasteiger partial charge on any atom is 0.321 e. The van der Waals surface area contributed by atoms with E-state index in [2.05, 4.69) is 15.3 Å². The topological polar surface area (TPSA) is 123 Å². The predicted octanol–water partition coefficient (Wildman–Crippen LogP) is 2.26. The Morgan fingerprint density at radius 1 is 0.949 bits per heavy atom. The van der Waals surface area contributed by atoms with E-state index in [9.17, 15) is 13.2 Å². The van der Waals surface area contributed by atoms with Crippen molar-refractivity contribution in [1.82, 2.24) is 19.6 Å². The molecule has 1 amide bonds. The molecular formula is C27H33N5O6S. The number of carbonyl (C=O) groups excluding carboxylic acids is 1. The highest BCUT2D eigenvalue weighted by molar-refractivity contribution is 7.89. The molecule has 1 saturated heterocycles. The van der Waals surface area contributed by atoms with Gasteiger partial charge in [0, 0.05) is 32.2 Å². The molecule has 0 saturated carbocycles. The van der Waals surface area contributed by atoms with E-state index < -0.39 is 22.0 Å². The minimum Gasteiger partial charge on any atom is -0.497 e. The van der Waals surface area contributed by atoms with Gasteiger partial charge in [-0.3, -0.25) is 4.79 Å². The summed E-state index contributed by atoms with van der Waals surface area (Å²) in [7, 11) is 0.554. The van der Waals surface area contributed by atoms with Crippen LogP contribution in [0, 0.1) is 0 Å². The molecule has 1 aromatic heterocycles. The number of sulfonamides is 1. The van der Waals surface area contributed by atoms with Crippen LogP contribution in [0.15, 0.2) is 59.5 Å². The molecule has 2 heterocycles. The molecule has 1 atom stereocenters. The van der Waals surface area contributed by atoms with Crippen LogP contribution in [0.2, 0.25) is 0 Å². The van der Waals surface area contributed by atoms with Gasteiger partial charge in [0.25, 0.3) is 0 Å². The van der Waals surface area contributed by atoms with Crippen molar-refractivity contribution in [3.63, 3.8) is 0 Å². The smallest absolute Gasteiger partial charge is 0.321 e. The monoisotopic (exact) mass is 555 g/mol. The van der Waals surface area contributed by atoms with Crippen molar-refractivity contribution in [2.24, 2.45) is 0 Å². The summed E-state index contributed by atoms with van der Waals surface area (Å²) < 4.78 is 44.4. The largest absolute Gasteiger partial charge is 0.497 e. The molecule has 0 aliphatic carbocycles. The third-order valence-corrected chi connectivity index (χ3v) is 8.50. The summed E-state index contributed by atoms with van der Waals surface area (Å²) in [6.07, 6.45) is 0.793. The van der Waals surface area contributed by atoms with Crippen molar-refractivity contribution in [3.8, 4) is 17.6 Å². The van der Waals surface area contributed by atoms with Crippen molar-refractivity contribution >= 4 is 21.7 Å². The second kappa shape index (κ2) is 12.3. The minimum absolute atomic E-state index is 0.0735. The van der Waals surface area contributed by atoms with E-state index in [0.29, 0.717) is 24.0 Å². The van der Waals surface area contributed by atoms with Gasteiger partial charge in [0.1, 0.15) is 17.6 Å². The Balaban J connectivity index is 1.62. The number of piperazine rings is 1. The zero-order valence-corrected chi connectivity index (χ0v) is 23.3. The lowest BCUT2D eigenvalue weighted by atomic mass is 10.1. The second-order valence-corrected chi connectivity index (χ2v) is 10.8. The summed E-state index contributed by atoms with van der Waals surface area (Å²) in [4.78, 5) is 24.0. The Kier molecular flexibility index (Phi) is 8.87. The van der Waals surface area contributed by atoms with E-state index in [-0.39, 0.29) is 30.5 Å². The summed E-state index contributed by atoms with van der Waals surface area (Å²) in [5.41, 5.74) is 1.88. The van der Waals surface area contributed by atoms with Crippen LogP contribution in [0.4, 0.5) is 5.82 Å². The van der Waals surface area contributed by atoms with E-state index in [1.807, 2.05) is 24.0 Å². The summed E-state index contributed by atoms with van der Waals surface area (Å²) in [5.74, 6) is 1.05. The molecule has 1 fully saturated rings. The van der Waals surface area contributed by atoms with Gasteiger partial charge >= 0.3 is 6.01 Å². The molecule has 4 rings (SSSR count). The maximum absolute atomic E-state index is 13.7. The average molecular weight is 556 g/mol. The van der Waals surface area contributed by atoms with Gasteiger partial charge in [0.15, 0.2) is 0 Å². The van der Waals surface area contributed by atoms with Crippen LogP contribution < -0.4 is 24.4 Å². The van der Waals surface area contributed by atoms with Crippen LogP contribution in [0.3, 0.4) is 0 Å². The highest BCUT2D eigenvalue weighted by atomic mass is 32.2. The van der Waals surface area contributed by atoms with Gasteiger partial charge in [-0.2, -0.15) is 14.3 Å². The van der Waals surface area contributed by atoms with Crippen molar-refractivity contribution < 1.29 is 27.4 Å². The van der Waals surface area contributed by atoms with Gasteiger partial charge in [0.2, 0.25) is 21.8 Å². The molecule has 0 spiro atoms. The standard InChI is InChI=1S/C27H33N5O6S/c1-5-19-8-12-22(13-9-19)39(34,35)32-15-14-31(24-16-25(37-3)30-27(29-24)38-4)18-23(32)26(33)28-17-20-6-10-21(36-2)11-7-20/h6-13,16,23H,5,14-15,17-18H2,1-4H3,(H,28,33)/t23-/m1/s1. The molecule has 3 aromatic rings. The fourth-order valence-corrected chi connectivity index (χ4v) is 5.88. The fraction of sp³-hybridized carbons (Fsp3) is 0.370. The highest BCUT2D eigenvalue weighted by Crippen LogP contribution is 2.27. The molecule has 0 unspecified atom stereocenters. The molecule has 12 heteroatoms. The molecule has 208 valence electrons. The van der Waals surface area contributed by atoms with E-state index in [0.717, 1.165) is 17.5 Å². The molecule has 1 aliphatic rings. The van der Waals surface area contributed by atoms with Crippen molar-refractivity contribution in [1.29, 1.82) is 0 Å². The first-order valence-electron chi connectivity index (χ1n) is 12.5. The SMILES string of the molecule is CCc1ccc(S(=O)(=O)N2CCN(c3cc(OC)nc(OC)n3)C[C@@H]2C(=O)NCc2ccc(OC)cc2)cc1. The third-order valence-electron chi connectivity index (χ3n) is 6.58. The van der Waals surface area contributed by atoms with Crippen molar-refractivity contribution in [2.45, 2.75) is 30.8 Å². The lowest BCUT2D eigenvalue weighted by molar-refractivity contribution is -0.125. The van der Waals surface area contributed by atoms with E-state index >= 15 is 0 Å². The Labute approximate surface area is 228 Å². The van der Waals surface area contributed by atoms with Gasteiger partial charge in [-0.15, -0.1) is 0 Å². The number of aryl methyl sites for hydroxylation is 1. The first-order chi connectivity index (χ1) is 18.8. The number of benzene rings is 2. The number of ether oxygens (including phenoxy) is 3. The van der Waals surface area contributed by atoms with Crippen LogP contribution in [-0.2, 0) is 27.8 Å². The number of nitrogens with one attached hydrogen (secondary N) is 1. The van der Waals surface area contributed by atoms with E-state index in [4.69, 9.17) is 14.2 Å². The molecule has 11 nitrogen and oxygen atoms in total. The molecule has 0 bridgehead atoms. The van der Waals surface area contributed by atoms with Gasteiger partial charge in [0.05, 0.1) is 26.2 Å². The Morgan fingerprint density at radius 3 is 2.26 bits per heavy atom. The van der Waals surface area contributed by atoms with Crippen LogP contribution in [0.1, 0.15) is 18.1 Å². The van der Waals surface area contributed by atoms with Gasteiger partial charge in [-0.1, -0.05) is 31.2 Å². The Hall–Kier alpha value is -3.90. The molecule has 1 N–H and O–H groups in total. The van der Waals surface area contributed by atoms with Crippen molar-refractivity contribution in [3.05, 3.63) is 65.7 Å². The number of rotatable bonds is 10. The summed E-state index contributed by atoms with van der Waals surface area (Å²) in [6, 6.07) is 14.8. The van der Waals surface area contributed by atoms with Crippen molar-refractivity contribution in [2.75, 3.05) is 45.9 Å². The molecule has 39 heavy (non-hydrogen) atoms. The van der Waals surface area contributed by atoms with Gasteiger partial charge in [-0.05, 0) is 41.8 Å². The number of amides is 1. The summed E-state index contributed by atoms with van der Waals surface area (Å²) in [5, 5.41) is 2.90. The molecule has 0 radical (unpaired) electrons. The normalized spacial score (nSPS) is 16.0. The van der Waals surface area contributed by atoms with E-state index in [1.54, 1.807) is 49.6 Å². The predicted molar refractivity (Wildman–Crippen MR) is 146 cm³/mol. The Morgan fingerprint density at radius 2 is 1.64 bits per heavy atom. The first-order valence-corrected chi connectivity index (χ1v) is 14.0. The minimum atomic E-state index is -3.96. The molecule has 2 aromatic carbocycles. The van der Waals surface area contributed by atoms with E-state index in [1.165, 1.54) is 18.5 Å². The highest BCUT2D eigenvalue weighted by Gasteiger charge is 2.40. The number of hydrogen-bond donors (Lipinski definition) is 1. The Bertz CT molecular complexity index is 1360. The number of hydrogen-bond acceptors (Lipinski definition) is 9. The number of methoxy groups -OCH3 is 3. The zero-order valence-electron chi connectivity index (χ0n) is 22.5. The quantitative estimate of drug-likeness (QED) is 0.401. The van der Waals surface area contributed by atoms with Crippen LogP contribution in [0.5, 0.6) is 17.6 Å².